The van der Waals surface area contributed by atoms with Gasteiger partial charge in [0.2, 0.25) is 5.75 Å². The molecule has 0 heterocycles. The molecule has 0 bridgehead atoms. The quantitative estimate of drug-likeness (QED) is 0.490. The summed E-state index contributed by atoms with van der Waals surface area (Å²) in [4.78, 5) is 0. The van der Waals surface area contributed by atoms with E-state index in [1.165, 1.54) is 11.1 Å². The van der Waals surface area contributed by atoms with E-state index in [-0.39, 0.29) is 5.75 Å². The fraction of sp³-hybridized carbons (Fsp3) is 0.250. The Hall–Kier alpha value is -2.94. The SMILES string of the molecule is Oc1cccc(OCCCc2ccccc2)c1OCCCc1ccccc1. The molecule has 3 aromatic rings. The fourth-order valence-corrected chi connectivity index (χ4v) is 2.96. The Morgan fingerprint density at radius 3 is 1.74 bits per heavy atom. The molecule has 140 valence electrons. The Morgan fingerprint density at radius 2 is 1.15 bits per heavy atom. The monoisotopic (exact) mass is 362 g/mol. The molecule has 0 saturated carbocycles. The van der Waals surface area contributed by atoms with Crippen LogP contribution >= 0.6 is 0 Å². The number of phenols is 1. The van der Waals surface area contributed by atoms with Gasteiger partial charge in [-0.3, -0.25) is 0 Å². The molecule has 3 rings (SSSR count). The lowest BCUT2D eigenvalue weighted by Gasteiger charge is -2.14. The predicted molar refractivity (Wildman–Crippen MR) is 109 cm³/mol. The number of ether oxygens (including phenoxy) is 2. The first kappa shape index (κ1) is 18.8. The molecule has 0 amide bonds. The van der Waals surface area contributed by atoms with Gasteiger partial charge in [0.05, 0.1) is 13.2 Å². The predicted octanol–water partition coefficient (Wildman–Crippen LogP) is 5.42. The van der Waals surface area contributed by atoms with Crippen LogP contribution in [0.15, 0.2) is 78.9 Å². The van der Waals surface area contributed by atoms with Crippen LogP contribution < -0.4 is 9.47 Å². The second-order valence-electron chi connectivity index (χ2n) is 6.48. The Bertz CT molecular complexity index is 800. The number of aryl methyl sites for hydroxylation is 2. The van der Waals surface area contributed by atoms with Crippen LogP contribution in [0, 0.1) is 0 Å². The molecule has 3 heteroatoms. The van der Waals surface area contributed by atoms with E-state index in [1.807, 2.05) is 42.5 Å². The van der Waals surface area contributed by atoms with Crippen molar-refractivity contribution < 1.29 is 14.6 Å². The third kappa shape index (κ3) is 6.07. The first-order valence-corrected chi connectivity index (χ1v) is 9.48. The summed E-state index contributed by atoms with van der Waals surface area (Å²) in [5.74, 6) is 1.16. The molecule has 0 aliphatic rings. The molecule has 3 aromatic carbocycles. The highest BCUT2D eigenvalue weighted by Gasteiger charge is 2.10. The molecule has 0 aliphatic carbocycles. The molecule has 0 atom stereocenters. The van der Waals surface area contributed by atoms with Crippen molar-refractivity contribution in [2.45, 2.75) is 25.7 Å². The molecule has 0 fully saturated rings. The van der Waals surface area contributed by atoms with Gasteiger partial charge in [0, 0.05) is 0 Å². The summed E-state index contributed by atoms with van der Waals surface area (Å²) < 4.78 is 11.7. The third-order valence-electron chi connectivity index (χ3n) is 4.37. The first-order chi connectivity index (χ1) is 13.3. The zero-order chi connectivity index (χ0) is 18.7. The van der Waals surface area contributed by atoms with Crippen molar-refractivity contribution in [1.29, 1.82) is 0 Å². The Kier molecular flexibility index (Phi) is 7.16. The largest absolute Gasteiger partial charge is 0.504 e. The van der Waals surface area contributed by atoms with Gasteiger partial charge in [0.15, 0.2) is 11.5 Å². The topological polar surface area (TPSA) is 38.7 Å². The van der Waals surface area contributed by atoms with Crippen molar-refractivity contribution in [3.05, 3.63) is 90.0 Å². The number of benzene rings is 3. The minimum atomic E-state index is 0.121. The van der Waals surface area contributed by atoms with Crippen LogP contribution in [0.3, 0.4) is 0 Å². The van der Waals surface area contributed by atoms with Crippen LogP contribution in [0.2, 0.25) is 0 Å². The number of hydrogen-bond acceptors (Lipinski definition) is 3. The van der Waals surface area contributed by atoms with E-state index in [0.29, 0.717) is 24.7 Å². The molecule has 0 aromatic heterocycles. The Labute approximate surface area is 161 Å². The molecule has 27 heavy (non-hydrogen) atoms. The van der Waals surface area contributed by atoms with Crippen molar-refractivity contribution >= 4 is 0 Å². The highest BCUT2D eigenvalue weighted by atomic mass is 16.5. The minimum absolute atomic E-state index is 0.121. The zero-order valence-corrected chi connectivity index (χ0v) is 15.5. The number of phenolic OH excluding ortho intramolecular Hbond substituents is 1. The van der Waals surface area contributed by atoms with Gasteiger partial charge in [-0.05, 0) is 48.9 Å². The maximum atomic E-state index is 10.1. The average molecular weight is 362 g/mol. The standard InChI is InChI=1S/C24H26O3/c25-22-16-7-17-23(26-18-8-14-20-10-3-1-4-11-20)24(22)27-19-9-15-21-12-5-2-6-13-21/h1-7,10-13,16-17,25H,8-9,14-15,18-19H2. The van der Waals surface area contributed by atoms with Gasteiger partial charge in [-0.15, -0.1) is 0 Å². The smallest absolute Gasteiger partial charge is 0.203 e. The summed E-state index contributed by atoms with van der Waals surface area (Å²) in [5, 5.41) is 10.1. The second kappa shape index (κ2) is 10.3. The normalized spacial score (nSPS) is 10.5. The van der Waals surface area contributed by atoms with Gasteiger partial charge < -0.3 is 14.6 Å². The van der Waals surface area contributed by atoms with Gasteiger partial charge in [0.25, 0.3) is 0 Å². The number of aromatic hydroxyl groups is 1. The number of para-hydroxylation sites is 1. The Balaban J connectivity index is 1.46. The molecule has 0 radical (unpaired) electrons. The van der Waals surface area contributed by atoms with Crippen LogP contribution in [0.5, 0.6) is 17.2 Å². The molecule has 0 spiro atoms. The lowest BCUT2D eigenvalue weighted by Crippen LogP contribution is -2.04. The lowest BCUT2D eigenvalue weighted by atomic mass is 10.1. The molecule has 0 unspecified atom stereocenters. The second-order valence-corrected chi connectivity index (χ2v) is 6.48. The first-order valence-electron chi connectivity index (χ1n) is 9.48. The number of rotatable bonds is 10. The van der Waals surface area contributed by atoms with E-state index < -0.39 is 0 Å². The van der Waals surface area contributed by atoms with Crippen molar-refractivity contribution in [2.24, 2.45) is 0 Å². The van der Waals surface area contributed by atoms with Crippen molar-refractivity contribution in [1.82, 2.24) is 0 Å². The maximum Gasteiger partial charge on any atom is 0.203 e. The van der Waals surface area contributed by atoms with Gasteiger partial charge in [-0.2, -0.15) is 0 Å². The van der Waals surface area contributed by atoms with Crippen molar-refractivity contribution in [3.63, 3.8) is 0 Å². The number of hydrogen-bond donors (Lipinski definition) is 1. The van der Waals surface area contributed by atoms with Crippen LogP contribution in [0.1, 0.15) is 24.0 Å². The van der Waals surface area contributed by atoms with Gasteiger partial charge in [-0.1, -0.05) is 66.7 Å². The van der Waals surface area contributed by atoms with Crippen LogP contribution in [-0.4, -0.2) is 18.3 Å². The summed E-state index contributed by atoms with van der Waals surface area (Å²) in [6.45, 7) is 1.12. The summed E-state index contributed by atoms with van der Waals surface area (Å²) in [7, 11) is 0. The van der Waals surface area contributed by atoms with E-state index in [9.17, 15) is 5.11 Å². The summed E-state index contributed by atoms with van der Waals surface area (Å²) in [6, 6.07) is 25.9. The lowest BCUT2D eigenvalue weighted by molar-refractivity contribution is 0.253. The summed E-state index contributed by atoms with van der Waals surface area (Å²) in [6.07, 6.45) is 3.70. The third-order valence-corrected chi connectivity index (χ3v) is 4.37. The van der Waals surface area contributed by atoms with E-state index in [4.69, 9.17) is 9.47 Å². The maximum absolute atomic E-state index is 10.1. The highest BCUT2D eigenvalue weighted by Crippen LogP contribution is 2.36. The molecule has 1 N–H and O–H groups in total. The average Bonchev–Trinajstić information content (AvgIpc) is 2.71. The molecule has 0 aliphatic heterocycles. The van der Waals surface area contributed by atoms with E-state index in [2.05, 4.69) is 24.3 Å². The van der Waals surface area contributed by atoms with Gasteiger partial charge in [0.1, 0.15) is 0 Å². The van der Waals surface area contributed by atoms with E-state index in [1.54, 1.807) is 12.1 Å². The van der Waals surface area contributed by atoms with Crippen LogP contribution in [0.4, 0.5) is 0 Å². The Morgan fingerprint density at radius 1 is 0.593 bits per heavy atom. The summed E-state index contributed by atoms with van der Waals surface area (Å²) >= 11 is 0. The van der Waals surface area contributed by atoms with Gasteiger partial charge >= 0.3 is 0 Å². The fourth-order valence-electron chi connectivity index (χ4n) is 2.96. The van der Waals surface area contributed by atoms with Gasteiger partial charge in [-0.25, -0.2) is 0 Å². The van der Waals surface area contributed by atoms with E-state index >= 15 is 0 Å². The molecule has 3 nitrogen and oxygen atoms in total. The molecular formula is C24H26O3. The molecule has 0 saturated heterocycles. The molecular weight excluding hydrogens is 336 g/mol. The van der Waals surface area contributed by atoms with Crippen molar-refractivity contribution in [3.8, 4) is 17.2 Å². The summed E-state index contributed by atoms with van der Waals surface area (Å²) in [5.41, 5.74) is 2.59. The van der Waals surface area contributed by atoms with Crippen LogP contribution in [0.25, 0.3) is 0 Å². The van der Waals surface area contributed by atoms with E-state index in [0.717, 1.165) is 25.7 Å². The zero-order valence-electron chi connectivity index (χ0n) is 15.5. The van der Waals surface area contributed by atoms with Crippen LogP contribution in [-0.2, 0) is 12.8 Å². The van der Waals surface area contributed by atoms with Crippen molar-refractivity contribution in [2.75, 3.05) is 13.2 Å². The minimum Gasteiger partial charge on any atom is -0.504 e. The highest BCUT2D eigenvalue weighted by molar-refractivity contribution is 5.50.